The molecule has 0 unspecified atom stereocenters. The van der Waals surface area contributed by atoms with E-state index in [-0.39, 0.29) is 0 Å². The van der Waals surface area contributed by atoms with Crippen LogP contribution in [0.1, 0.15) is 0 Å². The molecule has 1 aromatic rings. The van der Waals surface area contributed by atoms with Crippen LogP contribution < -0.4 is 9.20 Å². The molecule has 66 valence electrons. The fourth-order valence-electron chi connectivity index (χ4n) is 0.860. The molecule has 0 saturated heterocycles. The molecule has 0 aromatic heterocycles. The van der Waals surface area contributed by atoms with E-state index in [1.165, 1.54) is 9.11 Å². The predicted octanol–water partition coefficient (Wildman–Crippen LogP) is 1.35. The Balaban J connectivity index is 2.68. The summed E-state index contributed by atoms with van der Waals surface area (Å²) >= 11 is 2.44. The summed E-state index contributed by atoms with van der Waals surface area (Å²) in [5.74, 6) is 1.03. The zero-order valence-electron chi connectivity index (χ0n) is 7.24. The van der Waals surface area contributed by atoms with E-state index in [1.807, 2.05) is 23.9 Å². The molecule has 1 aromatic carbocycles. The Morgan fingerprint density at radius 2 is 2.17 bits per heavy atom. The van der Waals surface area contributed by atoms with Crippen molar-refractivity contribution in [2.75, 3.05) is 18.0 Å². The van der Waals surface area contributed by atoms with Gasteiger partial charge < -0.3 is 0 Å². The Morgan fingerprint density at radius 1 is 1.42 bits per heavy atom. The number of hydrogen-bond donors (Lipinski definition) is 0. The number of hydrogen-bond acceptors (Lipinski definition) is 2. The molecule has 0 saturated carbocycles. The molecular weight excluding hydrogens is 235 g/mol. The van der Waals surface area contributed by atoms with E-state index in [0.717, 1.165) is 5.75 Å². The van der Waals surface area contributed by atoms with Crippen molar-refractivity contribution in [1.29, 1.82) is 0 Å². The summed E-state index contributed by atoms with van der Waals surface area (Å²) in [6.07, 6.45) is 2.14. The third-order valence-electron chi connectivity index (χ3n) is 1.40. The van der Waals surface area contributed by atoms with Crippen LogP contribution in [0, 0.1) is 0 Å². The van der Waals surface area contributed by atoms with Crippen molar-refractivity contribution in [1.82, 2.24) is 0 Å². The van der Waals surface area contributed by atoms with Gasteiger partial charge in [0, 0.05) is 0 Å². The van der Waals surface area contributed by atoms with Crippen molar-refractivity contribution in [2.45, 2.75) is 0 Å². The van der Waals surface area contributed by atoms with E-state index in [4.69, 9.17) is 4.74 Å². The molecule has 0 amide bonds. The number of methoxy groups -OCH3 is 1. The number of rotatable bonds is 4. The van der Waals surface area contributed by atoms with Gasteiger partial charge in [-0.25, -0.2) is 0 Å². The van der Waals surface area contributed by atoms with E-state index >= 15 is 0 Å². The van der Waals surface area contributed by atoms with E-state index in [2.05, 4.69) is 18.4 Å². The van der Waals surface area contributed by atoms with E-state index in [9.17, 15) is 0 Å². The van der Waals surface area contributed by atoms with Crippen LogP contribution in [0.2, 0.25) is 0 Å². The molecule has 0 aliphatic heterocycles. The van der Waals surface area contributed by atoms with Crippen molar-refractivity contribution >= 4 is 31.2 Å². The van der Waals surface area contributed by atoms with Gasteiger partial charge in [-0.3, -0.25) is 0 Å². The second-order valence-corrected chi connectivity index (χ2v) is 6.03. The zero-order valence-corrected chi connectivity index (χ0v) is 9.77. The standard InChI is InChI=1S/C9H12OSSe/c1-10-8-5-3-4-6-9(8)12-7-11-2/h3-6H,7H2,1-2H3. The first-order chi connectivity index (χ1) is 5.88. The number of thioether (sulfide) groups is 1. The van der Waals surface area contributed by atoms with Crippen molar-refractivity contribution in [2.24, 2.45) is 0 Å². The molecule has 1 rings (SSSR count). The van der Waals surface area contributed by atoms with Crippen LogP contribution in [0.4, 0.5) is 0 Å². The first-order valence-corrected chi connectivity index (χ1v) is 7.09. The molecule has 0 aliphatic rings. The molecular formula is C9H12OSSe. The van der Waals surface area contributed by atoms with Gasteiger partial charge in [0.2, 0.25) is 0 Å². The third-order valence-corrected chi connectivity index (χ3v) is 5.34. The van der Waals surface area contributed by atoms with Gasteiger partial charge >= 0.3 is 83.9 Å². The summed E-state index contributed by atoms with van der Waals surface area (Å²) in [5.41, 5.74) is 0. The number of ether oxygens (including phenoxy) is 1. The Labute approximate surface area is 84.0 Å². The summed E-state index contributed by atoms with van der Waals surface area (Å²) in [7, 11) is 1.73. The van der Waals surface area contributed by atoms with Gasteiger partial charge in [0.05, 0.1) is 0 Å². The van der Waals surface area contributed by atoms with E-state index in [0.29, 0.717) is 15.0 Å². The molecule has 3 heteroatoms. The van der Waals surface area contributed by atoms with Crippen molar-refractivity contribution in [3.05, 3.63) is 24.3 Å². The predicted molar refractivity (Wildman–Crippen MR) is 56.8 cm³/mol. The van der Waals surface area contributed by atoms with Crippen LogP contribution in [-0.4, -0.2) is 33.0 Å². The first kappa shape index (κ1) is 9.97. The van der Waals surface area contributed by atoms with Gasteiger partial charge in [0.25, 0.3) is 0 Å². The van der Waals surface area contributed by atoms with Crippen molar-refractivity contribution < 1.29 is 4.74 Å². The average molecular weight is 247 g/mol. The minimum atomic E-state index is 0.548. The molecule has 0 bridgehead atoms. The van der Waals surface area contributed by atoms with Gasteiger partial charge in [-0.2, -0.15) is 0 Å². The third kappa shape index (κ3) is 2.74. The van der Waals surface area contributed by atoms with Crippen LogP contribution >= 0.6 is 11.8 Å². The SMILES string of the molecule is COc1ccccc1[Se]CSC. The monoisotopic (exact) mass is 248 g/mol. The molecule has 0 heterocycles. The van der Waals surface area contributed by atoms with Gasteiger partial charge in [-0.1, -0.05) is 0 Å². The molecule has 0 radical (unpaired) electrons. The Morgan fingerprint density at radius 3 is 2.83 bits per heavy atom. The maximum absolute atomic E-state index is 5.25. The van der Waals surface area contributed by atoms with Crippen LogP contribution in [0.3, 0.4) is 0 Å². The molecule has 0 N–H and O–H groups in total. The molecule has 12 heavy (non-hydrogen) atoms. The Bertz CT molecular complexity index is 240. The van der Waals surface area contributed by atoms with Crippen molar-refractivity contribution in [3.8, 4) is 5.75 Å². The van der Waals surface area contributed by atoms with Crippen LogP contribution in [-0.2, 0) is 0 Å². The first-order valence-electron chi connectivity index (χ1n) is 3.63. The maximum atomic E-state index is 5.25. The van der Waals surface area contributed by atoms with Crippen LogP contribution in [0.25, 0.3) is 0 Å². The average Bonchev–Trinajstić information content (AvgIpc) is 2.15. The van der Waals surface area contributed by atoms with Gasteiger partial charge in [0.1, 0.15) is 0 Å². The van der Waals surface area contributed by atoms with Crippen LogP contribution in [0.5, 0.6) is 5.75 Å². The molecule has 0 aliphatic carbocycles. The number of benzene rings is 1. The normalized spacial score (nSPS) is 9.83. The summed E-state index contributed by atoms with van der Waals surface area (Å²) in [4.78, 5) is 0. The molecule has 0 atom stereocenters. The fraction of sp³-hybridized carbons (Fsp3) is 0.333. The second kappa shape index (κ2) is 5.52. The van der Waals surface area contributed by atoms with E-state index < -0.39 is 0 Å². The number of para-hydroxylation sites is 1. The molecule has 0 fully saturated rings. The zero-order chi connectivity index (χ0) is 8.81. The Kier molecular flexibility index (Phi) is 4.59. The van der Waals surface area contributed by atoms with Gasteiger partial charge in [-0.05, 0) is 0 Å². The van der Waals surface area contributed by atoms with Gasteiger partial charge in [0.15, 0.2) is 0 Å². The quantitative estimate of drug-likeness (QED) is 0.743. The summed E-state index contributed by atoms with van der Waals surface area (Å²) in [6.45, 7) is 0. The summed E-state index contributed by atoms with van der Waals surface area (Å²) < 4.78 is 7.83. The topological polar surface area (TPSA) is 9.23 Å². The molecule has 1 nitrogen and oxygen atoms in total. The van der Waals surface area contributed by atoms with Gasteiger partial charge in [-0.15, -0.1) is 0 Å². The van der Waals surface area contributed by atoms with Crippen molar-refractivity contribution in [3.63, 3.8) is 0 Å². The van der Waals surface area contributed by atoms with E-state index in [1.54, 1.807) is 7.11 Å². The summed E-state index contributed by atoms with van der Waals surface area (Å²) in [5, 5.41) is 0. The molecule has 0 spiro atoms. The fourth-order valence-corrected chi connectivity index (χ4v) is 3.63. The van der Waals surface area contributed by atoms with Crippen LogP contribution in [0.15, 0.2) is 24.3 Å². The second-order valence-electron chi connectivity index (χ2n) is 2.20. The minimum absolute atomic E-state index is 0.548. The summed E-state index contributed by atoms with van der Waals surface area (Å²) in [6, 6.07) is 8.25. The Hall–Kier alpha value is -0.111.